The second kappa shape index (κ2) is 9.14. The molecule has 2 aromatic carbocycles. The standard InChI is InChI=1S/C24H27N5O2/c1-3-27(4-2)13-14-28-12-11-18-15-20(9-10-22(18)28)26-23(30)17-29-24(31)21-8-6-5-7-19(21)16-25-29/h5-12,15-16H,3-4,13-14,17H2,1-2H3,(H,26,30). The third-order valence-electron chi connectivity index (χ3n) is 5.66. The zero-order valence-corrected chi connectivity index (χ0v) is 17.9. The molecule has 1 N–H and O–H groups in total. The van der Waals surface area contributed by atoms with Crippen LogP contribution in [-0.2, 0) is 17.9 Å². The maximum Gasteiger partial charge on any atom is 0.275 e. The summed E-state index contributed by atoms with van der Waals surface area (Å²) in [5.41, 5.74) is 1.57. The highest BCUT2D eigenvalue weighted by atomic mass is 16.2. The van der Waals surface area contributed by atoms with Gasteiger partial charge in [0.05, 0.1) is 11.6 Å². The molecule has 0 bridgehead atoms. The van der Waals surface area contributed by atoms with E-state index in [1.165, 1.54) is 4.68 Å². The van der Waals surface area contributed by atoms with Crippen molar-refractivity contribution < 1.29 is 4.79 Å². The lowest BCUT2D eigenvalue weighted by molar-refractivity contribution is -0.117. The predicted octanol–water partition coefficient (Wildman–Crippen LogP) is 3.33. The molecular formula is C24H27N5O2. The van der Waals surface area contributed by atoms with Gasteiger partial charge in [-0.2, -0.15) is 5.10 Å². The topological polar surface area (TPSA) is 72.2 Å². The molecule has 1 amide bonds. The van der Waals surface area contributed by atoms with Gasteiger partial charge in [-0.25, -0.2) is 4.68 Å². The van der Waals surface area contributed by atoms with Crippen LogP contribution in [-0.4, -0.2) is 44.8 Å². The van der Waals surface area contributed by atoms with Gasteiger partial charge in [-0.3, -0.25) is 9.59 Å². The van der Waals surface area contributed by atoms with Crippen molar-refractivity contribution >= 4 is 33.3 Å². The number of hydrogen-bond donors (Lipinski definition) is 1. The van der Waals surface area contributed by atoms with E-state index in [2.05, 4.69) is 46.0 Å². The molecule has 0 fully saturated rings. The highest BCUT2D eigenvalue weighted by Gasteiger charge is 2.10. The molecule has 7 nitrogen and oxygen atoms in total. The van der Waals surface area contributed by atoms with Gasteiger partial charge in [0.25, 0.3) is 5.56 Å². The monoisotopic (exact) mass is 417 g/mol. The van der Waals surface area contributed by atoms with E-state index in [0.717, 1.165) is 42.5 Å². The van der Waals surface area contributed by atoms with Crippen LogP contribution in [0.5, 0.6) is 0 Å². The summed E-state index contributed by atoms with van der Waals surface area (Å²) in [6.07, 6.45) is 3.69. The van der Waals surface area contributed by atoms with E-state index in [1.54, 1.807) is 18.3 Å². The van der Waals surface area contributed by atoms with Crippen molar-refractivity contribution in [1.82, 2.24) is 19.2 Å². The van der Waals surface area contributed by atoms with Crippen LogP contribution in [0.3, 0.4) is 0 Å². The van der Waals surface area contributed by atoms with Crippen LogP contribution in [0.1, 0.15) is 13.8 Å². The molecule has 31 heavy (non-hydrogen) atoms. The average Bonchev–Trinajstić information content (AvgIpc) is 3.19. The van der Waals surface area contributed by atoms with Crippen LogP contribution in [0.15, 0.2) is 65.7 Å². The number of amides is 1. The quantitative estimate of drug-likeness (QED) is 0.477. The molecule has 0 aliphatic heterocycles. The van der Waals surface area contributed by atoms with Gasteiger partial charge < -0.3 is 14.8 Å². The van der Waals surface area contributed by atoms with E-state index >= 15 is 0 Å². The van der Waals surface area contributed by atoms with E-state index in [0.29, 0.717) is 11.1 Å². The highest BCUT2D eigenvalue weighted by Crippen LogP contribution is 2.21. The van der Waals surface area contributed by atoms with E-state index < -0.39 is 0 Å². The summed E-state index contributed by atoms with van der Waals surface area (Å²) >= 11 is 0. The third kappa shape index (κ3) is 4.51. The number of benzene rings is 2. The molecule has 7 heteroatoms. The molecule has 2 aromatic heterocycles. The van der Waals surface area contributed by atoms with Crippen molar-refractivity contribution in [2.24, 2.45) is 0 Å². The van der Waals surface area contributed by atoms with Gasteiger partial charge in [0.15, 0.2) is 0 Å². The molecule has 0 aliphatic rings. The van der Waals surface area contributed by atoms with E-state index in [9.17, 15) is 9.59 Å². The SMILES string of the molecule is CCN(CC)CCn1ccc2cc(NC(=O)Cn3ncc4ccccc4c3=O)ccc21. The number of hydrogen-bond acceptors (Lipinski definition) is 4. The highest BCUT2D eigenvalue weighted by molar-refractivity contribution is 5.94. The van der Waals surface area contributed by atoms with Crippen LogP contribution in [0.2, 0.25) is 0 Å². The molecular weight excluding hydrogens is 390 g/mol. The molecule has 160 valence electrons. The van der Waals surface area contributed by atoms with Crippen molar-refractivity contribution in [3.05, 3.63) is 71.3 Å². The molecule has 0 aliphatic carbocycles. The fourth-order valence-electron chi connectivity index (χ4n) is 3.84. The lowest BCUT2D eigenvalue weighted by Crippen LogP contribution is -2.29. The van der Waals surface area contributed by atoms with Gasteiger partial charge >= 0.3 is 0 Å². The van der Waals surface area contributed by atoms with Gasteiger partial charge in [0.2, 0.25) is 5.91 Å². The number of carbonyl (C=O) groups excluding carboxylic acids is 1. The summed E-state index contributed by atoms with van der Waals surface area (Å²) in [4.78, 5) is 27.5. The second-order valence-electron chi connectivity index (χ2n) is 7.55. The number of nitrogens with zero attached hydrogens (tertiary/aromatic N) is 4. The number of nitrogens with one attached hydrogen (secondary N) is 1. The minimum absolute atomic E-state index is 0.132. The molecule has 0 radical (unpaired) electrons. The Hall–Kier alpha value is -3.45. The van der Waals surface area contributed by atoms with E-state index in [1.807, 2.05) is 30.3 Å². The predicted molar refractivity (Wildman–Crippen MR) is 124 cm³/mol. The van der Waals surface area contributed by atoms with Gasteiger partial charge in [0, 0.05) is 41.3 Å². The van der Waals surface area contributed by atoms with Crippen molar-refractivity contribution in [3.8, 4) is 0 Å². The lowest BCUT2D eigenvalue weighted by Gasteiger charge is -2.18. The van der Waals surface area contributed by atoms with Crippen LogP contribution < -0.4 is 10.9 Å². The Bertz CT molecular complexity index is 1270. The summed E-state index contributed by atoms with van der Waals surface area (Å²) in [6.45, 7) is 8.23. The lowest BCUT2D eigenvalue weighted by atomic mass is 10.2. The average molecular weight is 418 g/mol. The summed E-state index contributed by atoms with van der Waals surface area (Å²) in [6, 6.07) is 15.2. The smallest absolute Gasteiger partial charge is 0.275 e. The molecule has 4 rings (SSSR count). The van der Waals surface area contributed by atoms with Crippen LogP contribution >= 0.6 is 0 Å². The number of likely N-dealkylation sites (N-methyl/N-ethyl adjacent to an activating group) is 1. The van der Waals surface area contributed by atoms with Crippen molar-refractivity contribution in [2.75, 3.05) is 25.0 Å². The second-order valence-corrected chi connectivity index (χ2v) is 7.55. The van der Waals surface area contributed by atoms with Crippen molar-refractivity contribution in [2.45, 2.75) is 26.9 Å². The Morgan fingerprint density at radius 1 is 1.06 bits per heavy atom. The number of aromatic nitrogens is 3. The zero-order chi connectivity index (χ0) is 21.8. The first-order valence-electron chi connectivity index (χ1n) is 10.6. The minimum Gasteiger partial charge on any atom is -0.346 e. The first-order valence-corrected chi connectivity index (χ1v) is 10.6. The Balaban J connectivity index is 1.46. The molecule has 0 atom stereocenters. The first-order chi connectivity index (χ1) is 15.1. The van der Waals surface area contributed by atoms with E-state index in [-0.39, 0.29) is 18.0 Å². The van der Waals surface area contributed by atoms with Crippen LogP contribution in [0.25, 0.3) is 21.7 Å². The molecule has 0 spiro atoms. The van der Waals surface area contributed by atoms with Crippen molar-refractivity contribution in [1.29, 1.82) is 0 Å². The summed E-state index contributed by atoms with van der Waals surface area (Å²) in [5, 5.41) is 9.39. The fourth-order valence-corrected chi connectivity index (χ4v) is 3.84. The Morgan fingerprint density at radius 2 is 1.87 bits per heavy atom. The maximum absolute atomic E-state index is 12.6. The summed E-state index contributed by atoms with van der Waals surface area (Å²) < 4.78 is 3.43. The van der Waals surface area contributed by atoms with Gasteiger partial charge in [0.1, 0.15) is 6.54 Å². The number of fused-ring (bicyclic) bond motifs is 2. The fraction of sp³-hybridized carbons (Fsp3) is 0.292. The summed E-state index contributed by atoms with van der Waals surface area (Å²) in [5.74, 6) is -0.287. The molecule has 2 heterocycles. The number of carbonyl (C=O) groups is 1. The minimum atomic E-state index is -0.287. The van der Waals surface area contributed by atoms with Gasteiger partial charge in [-0.1, -0.05) is 32.0 Å². The first kappa shape index (κ1) is 20.8. The van der Waals surface area contributed by atoms with Gasteiger partial charge in [-0.15, -0.1) is 0 Å². The molecule has 4 aromatic rings. The zero-order valence-electron chi connectivity index (χ0n) is 17.9. The number of anilines is 1. The Kier molecular flexibility index (Phi) is 6.13. The maximum atomic E-state index is 12.6. The normalized spacial score (nSPS) is 11.5. The Morgan fingerprint density at radius 3 is 2.68 bits per heavy atom. The van der Waals surface area contributed by atoms with Crippen LogP contribution in [0.4, 0.5) is 5.69 Å². The van der Waals surface area contributed by atoms with Crippen LogP contribution in [0, 0.1) is 0 Å². The molecule has 0 saturated heterocycles. The summed E-state index contributed by atoms with van der Waals surface area (Å²) in [7, 11) is 0. The Labute approximate surface area is 180 Å². The van der Waals surface area contributed by atoms with E-state index in [4.69, 9.17) is 0 Å². The van der Waals surface area contributed by atoms with Crippen molar-refractivity contribution in [3.63, 3.8) is 0 Å². The van der Waals surface area contributed by atoms with Gasteiger partial charge in [-0.05, 0) is 43.4 Å². The number of rotatable bonds is 8. The molecule has 0 unspecified atom stereocenters. The third-order valence-corrected chi connectivity index (χ3v) is 5.66. The molecule has 0 saturated carbocycles. The largest absolute Gasteiger partial charge is 0.346 e.